The highest BCUT2D eigenvalue weighted by Crippen LogP contribution is 2.30. The Balaban J connectivity index is 2.29. The first-order valence-electron chi connectivity index (χ1n) is 5.96. The summed E-state index contributed by atoms with van der Waals surface area (Å²) >= 11 is 5.89. The lowest BCUT2D eigenvalue weighted by molar-refractivity contribution is -0.383. The van der Waals surface area contributed by atoms with Crippen molar-refractivity contribution >= 4 is 34.4 Å². The molecule has 0 amide bonds. The summed E-state index contributed by atoms with van der Waals surface area (Å²) in [6.07, 6.45) is 0. The molecule has 2 aromatic carbocycles. The van der Waals surface area contributed by atoms with Crippen LogP contribution in [-0.4, -0.2) is 19.0 Å². The van der Waals surface area contributed by atoms with E-state index in [-0.39, 0.29) is 5.69 Å². The Labute approximate surface area is 121 Å². The van der Waals surface area contributed by atoms with Gasteiger partial charge < -0.3 is 10.2 Å². The maximum Gasteiger partial charge on any atom is 0.292 e. The van der Waals surface area contributed by atoms with Gasteiger partial charge in [-0.15, -0.1) is 0 Å². The van der Waals surface area contributed by atoms with E-state index in [4.69, 9.17) is 11.6 Å². The lowest BCUT2D eigenvalue weighted by Gasteiger charge is -2.13. The highest BCUT2D eigenvalue weighted by atomic mass is 35.5. The molecule has 0 aliphatic rings. The molecule has 0 aliphatic carbocycles. The summed E-state index contributed by atoms with van der Waals surface area (Å²) < 4.78 is 0. The minimum atomic E-state index is -0.438. The molecule has 6 heteroatoms. The summed E-state index contributed by atoms with van der Waals surface area (Å²) in [5.41, 5.74) is 2.18. The first-order valence-corrected chi connectivity index (χ1v) is 6.33. The van der Waals surface area contributed by atoms with E-state index in [2.05, 4.69) is 5.32 Å². The van der Waals surface area contributed by atoms with E-state index in [1.807, 2.05) is 43.3 Å². The number of benzene rings is 2. The number of nitrogens with zero attached hydrogens (tertiary/aromatic N) is 2. The van der Waals surface area contributed by atoms with Gasteiger partial charge in [0.15, 0.2) is 0 Å². The Morgan fingerprint density at radius 2 is 1.80 bits per heavy atom. The number of nitro benzene ring substituents is 1. The number of nitrogens with one attached hydrogen (secondary N) is 1. The Kier molecular flexibility index (Phi) is 4.10. The van der Waals surface area contributed by atoms with E-state index in [1.54, 1.807) is 6.07 Å². The van der Waals surface area contributed by atoms with Crippen LogP contribution in [0.2, 0.25) is 5.02 Å². The van der Waals surface area contributed by atoms with Gasteiger partial charge in [0.05, 0.1) is 4.92 Å². The van der Waals surface area contributed by atoms with Crippen LogP contribution in [-0.2, 0) is 0 Å². The molecule has 0 saturated carbocycles. The monoisotopic (exact) mass is 291 g/mol. The van der Waals surface area contributed by atoms with Gasteiger partial charge in [0.1, 0.15) is 5.69 Å². The van der Waals surface area contributed by atoms with Crippen molar-refractivity contribution in [3.63, 3.8) is 0 Å². The maximum atomic E-state index is 11.0. The molecule has 5 nitrogen and oxygen atoms in total. The highest BCUT2D eigenvalue weighted by molar-refractivity contribution is 6.31. The topological polar surface area (TPSA) is 58.4 Å². The first-order chi connectivity index (χ1) is 9.47. The number of hydrogen-bond acceptors (Lipinski definition) is 4. The number of anilines is 3. The van der Waals surface area contributed by atoms with Gasteiger partial charge in [-0.2, -0.15) is 0 Å². The van der Waals surface area contributed by atoms with E-state index in [0.29, 0.717) is 10.7 Å². The van der Waals surface area contributed by atoms with Crippen LogP contribution in [0.3, 0.4) is 0 Å². The molecule has 20 heavy (non-hydrogen) atoms. The van der Waals surface area contributed by atoms with Crippen molar-refractivity contribution in [3.05, 3.63) is 57.6 Å². The first kappa shape index (κ1) is 14.1. The molecule has 0 bridgehead atoms. The van der Waals surface area contributed by atoms with Gasteiger partial charge in [0.2, 0.25) is 0 Å². The lowest BCUT2D eigenvalue weighted by atomic mass is 10.2. The Bertz CT molecular complexity index is 627. The minimum Gasteiger partial charge on any atom is -0.378 e. The molecule has 0 aliphatic heterocycles. The van der Waals surface area contributed by atoms with Crippen LogP contribution in [0, 0.1) is 10.1 Å². The van der Waals surface area contributed by atoms with Crippen molar-refractivity contribution in [1.29, 1.82) is 0 Å². The zero-order chi connectivity index (χ0) is 14.7. The van der Waals surface area contributed by atoms with Gasteiger partial charge in [-0.25, -0.2) is 0 Å². The van der Waals surface area contributed by atoms with Crippen molar-refractivity contribution in [2.24, 2.45) is 0 Å². The van der Waals surface area contributed by atoms with Crippen LogP contribution in [0.15, 0.2) is 42.5 Å². The quantitative estimate of drug-likeness (QED) is 0.682. The number of nitro groups is 1. The normalized spacial score (nSPS) is 10.2. The van der Waals surface area contributed by atoms with Crippen LogP contribution >= 0.6 is 11.6 Å². The highest BCUT2D eigenvalue weighted by Gasteiger charge is 2.14. The molecule has 104 valence electrons. The molecule has 0 aromatic heterocycles. The molecule has 0 saturated heterocycles. The summed E-state index contributed by atoms with van der Waals surface area (Å²) in [6.45, 7) is 0. The average molecular weight is 292 g/mol. The fourth-order valence-electron chi connectivity index (χ4n) is 1.77. The average Bonchev–Trinajstić information content (AvgIpc) is 2.39. The van der Waals surface area contributed by atoms with Crippen molar-refractivity contribution in [1.82, 2.24) is 0 Å². The molecule has 0 fully saturated rings. The molecule has 0 heterocycles. The molecule has 0 unspecified atom stereocenters. The molecule has 2 rings (SSSR count). The van der Waals surface area contributed by atoms with Crippen molar-refractivity contribution in [2.45, 2.75) is 0 Å². The van der Waals surface area contributed by atoms with Gasteiger partial charge in [0, 0.05) is 36.6 Å². The van der Waals surface area contributed by atoms with Gasteiger partial charge in [-0.3, -0.25) is 10.1 Å². The molecule has 0 atom stereocenters. The summed E-state index contributed by atoms with van der Waals surface area (Å²) in [6, 6.07) is 12.0. The molecule has 2 aromatic rings. The number of hydrogen-bond donors (Lipinski definition) is 1. The summed E-state index contributed by atoms with van der Waals surface area (Å²) in [4.78, 5) is 12.5. The Morgan fingerprint density at radius 1 is 1.15 bits per heavy atom. The van der Waals surface area contributed by atoms with Gasteiger partial charge in [-0.1, -0.05) is 11.6 Å². The molecular weight excluding hydrogens is 278 g/mol. The summed E-state index contributed by atoms with van der Waals surface area (Å²) in [5, 5.41) is 14.4. The molecular formula is C14H14ClN3O2. The summed E-state index contributed by atoms with van der Waals surface area (Å²) in [5.74, 6) is 0. The third-order valence-electron chi connectivity index (χ3n) is 2.82. The van der Waals surface area contributed by atoms with Gasteiger partial charge in [0.25, 0.3) is 5.69 Å². The van der Waals surface area contributed by atoms with Crippen LogP contribution in [0.1, 0.15) is 0 Å². The molecule has 0 radical (unpaired) electrons. The predicted octanol–water partition coefficient (Wildman–Crippen LogP) is 4.06. The van der Waals surface area contributed by atoms with Crippen LogP contribution in [0.4, 0.5) is 22.7 Å². The maximum absolute atomic E-state index is 11.0. The largest absolute Gasteiger partial charge is 0.378 e. The fraction of sp³-hybridized carbons (Fsp3) is 0.143. The zero-order valence-electron chi connectivity index (χ0n) is 11.1. The van der Waals surface area contributed by atoms with Crippen molar-refractivity contribution < 1.29 is 4.92 Å². The minimum absolute atomic E-state index is 0.00825. The van der Waals surface area contributed by atoms with Crippen molar-refractivity contribution in [3.8, 4) is 0 Å². The SMILES string of the molecule is CN(C)c1ccc(Nc2cc(Cl)ccc2[N+](=O)[O-])cc1. The molecule has 1 N–H and O–H groups in total. The van der Waals surface area contributed by atoms with Crippen molar-refractivity contribution in [2.75, 3.05) is 24.3 Å². The smallest absolute Gasteiger partial charge is 0.292 e. The third kappa shape index (κ3) is 3.19. The summed E-state index contributed by atoms with van der Waals surface area (Å²) in [7, 11) is 3.90. The predicted molar refractivity (Wildman–Crippen MR) is 82.2 cm³/mol. The van der Waals surface area contributed by atoms with E-state index >= 15 is 0 Å². The second-order valence-corrected chi connectivity index (χ2v) is 4.92. The Morgan fingerprint density at radius 3 is 2.35 bits per heavy atom. The lowest BCUT2D eigenvalue weighted by Crippen LogP contribution is -2.08. The second kappa shape index (κ2) is 5.79. The fourth-order valence-corrected chi connectivity index (χ4v) is 1.94. The third-order valence-corrected chi connectivity index (χ3v) is 3.05. The van der Waals surface area contributed by atoms with E-state index in [1.165, 1.54) is 12.1 Å². The Hall–Kier alpha value is -2.27. The second-order valence-electron chi connectivity index (χ2n) is 4.48. The van der Waals surface area contributed by atoms with Crippen LogP contribution in [0.5, 0.6) is 0 Å². The number of rotatable bonds is 4. The molecule has 0 spiro atoms. The van der Waals surface area contributed by atoms with E-state index < -0.39 is 4.92 Å². The van der Waals surface area contributed by atoms with E-state index in [0.717, 1.165) is 11.4 Å². The standard InChI is InChI=1S/C14H14ClN3O2/c1-17(2)12-6-4-11(5-7-12)16-13-9-10(15)3-8-14(13)18(19)20/h3-9,16H,1-2H3. The van der Waals surface area contributed by atoms with Crippen LogP contribution < -0.4 is 10.2 Å². The van der Waals surface area contributed by atoms with E-state index in [9.17, 15) is 10.1 Å². The number of halogens is 1. The van der Waals surface area contributed by atoms with Gasteiger partial charge >= 0.3 is 0 Å². The van der Waals surface area contributed by atoms with Gasteiger partial charge in [-0.05, 0) is 36.4 Å². The van der Waals surface area contributed by atoms with Crippen LogP contribution in [0.25, 0.3) is 0 Å². The zero-order valence-corrected chi connectivity index (χ0v) is 11.9.